The fraction of sp³-hybridized carbons (Fsp3) is 0.174. The Morgan fingerprint density at radius 1 is 0.808 bits per heavy atom. The number of anilines is 1. The van der Waals surface area contributed by atoms with Crippen LogP contribution in [0.1, 0.15) is 33.9 Å². The quantitative estimate of drug-likeness (QED) is 0.585. The monoisotopic (exact) mass is 360 g/mol. The van der Waals surface area contributed by atoms with Crippen molar-refractivity contribution in [2.45, 2.75) is 26.8 Å². The van der Waals surface area contributed by atoms with Gasteiger partial charge >= 0.3 is 0 Å². The first-order valence-electron chi connectivity index (χ1n) is 8.79. The minimum atomic E-state index is 0.00208. The van der Waals surface area contributed by atoms with E-state index in [9.17, 15) is 0 Å². The summed E-state index contributed by atoms with van der Waals surface area (Å²) < 4.78 is 0. The molecule has 2 nitrogen and oxygen atoms in total. The Bertz CT molecular complexity index is 886. The SMILES string of the molecule is Cc1ccc(NC(=S)N[C@@H](c2ccccc2)c2ccc(C)cc2C)cc1. The maximum atomic E-state index is 5.59. The molecular weight excluding hydrogens is 336 g/mol. The highest BCUT2D eigenvalue weighted by Crippen LogP contribution is 2.26. The Kier molecular flexibility index (Phi) is 5.69. The van der Waals surface area contributed by atoms with Crippen LogP contribution < -0.4 is 10.6 Å². The second-order valence-corrected chi connectivity index (χ2v) is 7.08. The van der Waals surface area contributed by atoms with Crippen LogP contribution in [0.2, 0.25) is 0 Å². The van der Waals surface area contributed by atoms with Crippen LogP contribution >= 0.6 is 12.2 Å². The van der Waals surface area contributed by atoms with Gasteiger partial charge in [-0.25, -0.2) is 0 Å². The molecule has 0 amide bonds. The van der Waals surface area contributed by atoms with E-state index in [1.54, 1.807) is 0 Å². The second kappa shape index (κ2) is 8.15. The molecule has 0 aliphatic heterocycles. The molecule has 0 bridgehead atoms. The van der Waals surface area contributed by atoms with Crippen molar-refractivity contribution in [2.75, 3.05) is 5.32 Å². The second-order valence-electron chi connectivity index (χ2n) is 6.67. The smallest absolute Gasteiger partial charge is 0.171 e. The summed E-state index contributed by atoms with van der Waals surface area (Å²) in [7, 11) is 0. The number of benzene rings is 3. The molecule has 0 unspecified atom stereocenters. The van der Waals surface area contributed by atoms with Gasteiger partial charge in [-0.15, -0.1) is 0 Å². The third-order valence-electron chi connectivity index (χ3n) is 4.45. The summed E-state index contributed by atoms with van der Waals surface area (Å²) in [6.45, 7) is 6.34. The van der Waals surface area contributed by atoms with E-state index in [1.165, 1.54) is 27.8 Å². The maximum absolute atomic E-state index is 5.59. The van der Waals surface area contributed by atoms with Crippen molar-refractivity contribution >= 4 is 23.0 Å². The molecule has 3 aromatic carbocycles. The van der Waals surface area contributed by atoms with Gasteiger partial charge in [0, 0.05) is 5.69 Å². The number of rotatable bonds is 4. The lowest BCUT2D eigenvalue weighted by Crippen LogP contribution is -2.33. The molecule has 132 valence electrons. The van der Waals surface area contributed by atoms with E-state index in [0.29, 0.717) is 5.11 Å². The first kappa shape index (κ1) is 18.2. The first-order chi connectivity index (χ1) is 12.5. The minimum absolute atomic E-state index is 0.00208. The minimum Gasteiger partial charge on any atom is -0.352 e. The van der Waals surface area contributed by atoms with E-state index in [1.807, 2.05) is 18.2 Å². The Morgan fingerprint density at radius 2 is 1.46 bits per heavy atom. The zero-order chi connectivity index (χ0) is 18.5. The largest absolute Gasteiger partial charge is 0.352 e. The van der Waals surface area contributed by atoms with Crippen LogP contribution in [-0.4, -0.2) is 5.11 Å². The number of aryl methyl sites for hydroxylation is 3. The summed E-state index contributed by atoms with van der Waals surface area (Å²) in [5, 5.41) is 7.40. The molecule has 0 radical (unpaired) electrons. The maximum Gasteiger partial charge on any atom is 0.171 e. The average molecular weight is 361 g/mol. The molecule has 0 aliphatic rings. The molecule has 0 fully saturated rings. The zero-order valence-electron chi connectivity index (χ0n) is 15.4. The summed E-state index contributed by atoms with van der Waals surface area (Å²) in [6, 6.07) is 25.2. The van der Waals surface area contributed by atoms with Crippen molar-refractivity contribution < 1.29 is 0 Å². The molecule has 0 aromatic heterocycles. The lowest BCUT2D eigenvalue weighted by molar-refractivity contribution is 0.762. The highest BCUT2D eigenvalue weighted by atomic mass is 32.1. The van der Waals surface area contributed by atoms with Gasteiger partial charge in [0.25, 0.3) is 0 Å². The Morgan fingerprint density at radius 3 is 2.12 bits per heavy atom. The van der Waals surface area contributed by atoms with Gasteiger partial charge in [-0.1, -0.05) is 71.8 Å². The molecule has 3 rings (SSSR count). The van der Waals surface area contributed by atoms with Gasteiger partial charge in [0.05, 0.1) is 6.04 Å². The van der Waals surface area contributed by atoms with E-state index in [-0.39, 0.29) is 6.04 Å². The summed E-state index contributed by atoms with van der Waals surface area (Å²) in [5.41, 5.74) is 7.15. The van der Waals surface area contributed by atoms with Gasteiger partial charge < -0.3 is 10.6 Å². The van der Waals surface area contributed by atoms with Gasteiger partial charge in [0.15, 0.2) is 5.11 Å². The van der Waals surface area contributed by atoms with E-state index >= 15 is 0 Å². The third-order valence-corrected chi connectivity index (χ3v) is 4.67. The standard InChI is InChI=1S/C23H24N2S/c1-16-9-12-20(13-10-16)24-23(26)25-22(19-7-5-4-6-8-19)21-14-11-17(2)15-18(21)3/h4-15,22H,1-3H3,(H2,24,25,26)/t22-/m0/s1. The predicted molar refractivity (Wildman–Crippen MR) is 115 cm³/mol. The van der Waals surface area contributed by atoms with Crippen LogP contribution in [0.3, 0.4) is 0 Å². The summed E-state index contributed by atoms with van der Waals surface area (Å²) in [5.74, 6) is 0. The molecule has 2 N–H and O–H groups in total. The molecule has 0 spiro atoms. The zero-order valence-corrected chi connectivity index (χ0v) is 16.2. The predicted octanol–water partition coefficient (Wildman–Crippen LogP) is 5.69. The molecule has 0 heterocycles. The summed E-state index contributed by atoms with van der Waals surface area (Å²) in [4.78, 5) is 0. The molecule has 26 heavy (non-hydrogen) atoms. The van der Waals surface area contributed by atoms with Gasteiger partial charge in [0.2, 0.25) is 0 Å². The van der Waals surface area contributed by atoms with Gasteiger partial charge in [0.1, 0.15) is 0 Å². The van der Waals surface area contributed by atoms with Gasteiger partial charge in [-0.3, -0.25) is 0 Å². The normalized spacial score (nSPS) is 11.7. The fourth-order valence-electron chi connectivity index (χ4n) is 3.07. The van der Waals surface area contributed by atoms with E-state index in [4.69, 9.17) is 12.2 Å². The summed E-state index contributed by atoms with van der Waals surface area (Å²) >= 11 is 5.59. The van der Waals surface area contributed by atoms with Crippen molar-refractivity contribution in [3.63, 3.8) is 0 Å². The Hall–Kier alpha value is -2.65. The molecule has 0 aliphatic carbocycles. The molecule has 0 saturated carbocycles. The molecule has 0 saturated heterocycles. The van der Waals surface area contributed by atoms with E-state index in [0.717, 1.165) is 5.69 Å². The van der Waals surface area contributed by atoms with Crippen molar-refractivity contribution in [3.05, 3.63) is 101 Å². The molecule has 3 aromatic rings. The van der Waals surface area contributed by atoms with E-state index < -0.39 is 0 Å². The Balaban J connectivity index is 1.86. The van der Waals surface area contributed by atoms with Crippen LogP contribution in [0.15, 0.2) is 72.8 Å². The number of thiocarbonyl (C=S) groups is 1. The van der Waals surface area contributed by atoms with Gasteiger partial charge in [-0.05, 0) is 61.8 Å². The molecular formula is C23H24N2S. The highest BCUT2D eigenvalue weighted by Gasteiger charge is 2.17. The van der Waals surface area contributed by atoms with Crippen LogP contribution in [0, 0.1) is 20.8 Å². The number of hydrogen-bond donors (Lipinski definition) is 2. The van der Waals surface area contributed by atoms with Crippen molar-refractivity contribution in [3.8, 4) is 0 Å². The molecule has 1 atom stereocenters. The summed E-state index contributed by atoms with van der Waals surface area (Å²) in [6.07, 6.45) is 0. The van der Waals surface area contributed by atoms with Crippen molar-refractivity contribution in [2.24, 2.45) is 0 Å². The highest BCUT2D eigenvalue weighted by molar-refractivity contribution is 7.80. The lowest BCUT2D eigenvalue weighted by atomic mass is 9.94. The van der Waals surface area contributed by atoms with Crippen molar-refractivity contribution in [1.29, 1.82) is 0 Å². The van der Waals surface area contributed by atoms with Crippen LogP contribution in [0.5, 0.6) is 0 Å². The average Bonchev–Trinajstić information content (AvgIpc) is 2.63. The topological polar surface area (TPSA) is 24.1 Å². The number of nitrogens with one attached hydrogen (secondary N) is 2. The van der Waals surface area contributed by atoms with Crippen LogP contribution in [0.25, 0.3) is 0 Å². The van der Waals surface area contributed by atoms with Gasteiger partial charge in [-0.2, -0.15) is 0 Å². The number of hydrogen-bond acceptors (Lipinski definition) is 1. The van der Waals surface area contributed by atoms with Crippen LogP contribution in [0.4, 0.5) is 5.69 Å². The fourth-order valence-corrected chi connectivity index (χ4v) is 3.31. The lowest BCUT2D eigenvalue weighted by Gasteiger charge is -2.24. The van der Waals surface area contributed by atoms with Crippen LogP contribution in [-0.2, 0) is 0 Å². The third kappa shape index (κ3) is 4.50. The Labute approximate surface area is 161 Å². The van der Waals surface area contributed by atoms with E-state index in [2.05, 4.69) is 86.0 Å². The first-order valence-corrected chi connectivity index (χ1v) is 9.20. The molecule has 3 heteroatoms. The van der Waals surface area contributed by atoms with Crippen molar-refractivity contribution in [1.82, 2.24) is 5.32 Å².